The SMILES string of the molecule is Nc1ccc(C(=O)O)c(F)c1.Nc1ccc(C(=O)O)cc1. The molecule has 0 atom stereocenters. The molecule has 0 unspecified atom stereocenters. The van der Waals surface area contributed by atoms with E-state index in [2.05, 4.69) is 0 Å². The topological polar surface area (TPSA) is 127 Å². The van der Waals surface area contributed by atoms with Gasteiger partial charge in [-0.3, -0.25) is 0 Å². The quantitative estimate of drug-likeness (QED) is 0.627. The average molecular weight is 292 g/mol. The maximum absolute atomic E-state index is 12.6. The van der Waals surface area contributed by atoms with E-state index < -0.39 is 17.8 Å². The van der Waals surface area contributed by atoms with Crippen LogP contribution in [0, 0.1) is 5.82 Å². The molecule has 21 heavy (non-hydrogen) atoms. The third-order valence-corrected chi connectivity index (χ3v) is 2.38. The number of rotatable bonds is 2. The first-order valence-corrected chi connectivity index (χ1v) is 5.68. The lowest BCUT2D eigenvalue weighted by atomic mass is 10.2. The fourth-order valence-corrected chi connectivity index (χ4v) is 1.33. The van der Waals surface area contributed by atoms with Crippen molar-refractivity contribution in [3.63, 3.8) is 0 Å². The van der Waals surface area contributed by atoms with Crippen molar-refractivity contribution in [2.75, 3.05) is 11.5 Å². The zero-order valence-electron chi connectivity index (χ0n) is 10.8. The number of hydrogen-bond donors (Lipinski definition) is 4. The van der Waals surface area contributed by atoms with E-state index >= 15 is 0 Å². The minimum atomic E-state index is -1.29. The summed E-state index contributed by atoms with van der Waals surface area (Å²) in [6, 6.07) is 9.51. The fourth-order valence-electron chi connectivity index (χ4n) is 1.33. The molecule has 0 saturated heterocycles. The molecule has 0 aromatic heterocycles. The maximum Gasteiger partial charge on any atom is 0.338 e. The van der Waals surface area contributed by atoms with Crippen LogP contribution in [0.1, 0.15) is 20.7 Å². The van der Waals surface area contributed by atoms with Crippen molar-refractivity contribution in [2.45, 2.75) is 0 Å². The van der Waals surface area contributed by atoms with Crippen LogP contribution in [0.5, 0.6) is 0 Å². The molecule has 0 aliphatic heterocycles. The highest BCUT2D eigenvalue weighted by Gasteiger charge is 2.08. The Morgan fingerprint density at radius 3 is 1.81 bits per heavy atom. The van der Waals surface area contributed by atoms with Crippen LogP contribution in [0.3, 0.4) is 0 Å². The molecule has 2 rings (SSSR count). The molecule has 0 radical (unpaired) electrons. The number of carboxylic acids is 2. The molecular formula is C14H13FN2O4. The van der Waals surface area contributed by atoms with Crippen molar-refractivity contribution < 1.29 is 24.2 Å². The van der Waals surface area contributed by atoms with Crippen LogP contribution in [0.25, 0.3) is 0 Å². The monoisotopic (exact) mass is 292 g/mol. The molecule has 0 heterocycles. The van der Waals surface area contributed by atoms with Gasteiger partial charge in [0.25, 0.3) is 0 Å². The number of halogens is 1. The lowest BCUT2D eigenvalue weighted by molar-refractivity contribution is 0.0683. The molecule has 7 heteroatoms. The third kappa shape index (κ3) is 4.83. The number of nitrogen functional groups attached to an aromatic ring is 2. The Morgan fingerprint density at radius 1 is 0.857 bits per heavy atom. The molecule has 0 saturated carbocycles. The molecule has 6 N–H and O–H groups in total. The van der Waals surface area contributed by atoms with E-state index in [0.717, 1.165) is 12.1 Å². The Balaban J connectivity index is 0.000000211. The van der Waals surface area contributed by atoms with Crippen molar-refractivity contribution in [2.24, 2.45) is 0 Å². The first-order chi connectivity index (χ1) is 9.81. The summed E-state index contributed by atoms with van der Waals surface area (Å²) < 4.78 is 12.6. The van der Waals surface area contributed by atoms with Crippen molar-refractivity contribution >= 4 is 23.3 Å². The summed E-state index contributed by atoms with van der Waals surface area (Å²) in [6.07, 6.45) is 0. The van der Waals surface area contributed by atoms with Gasteiger partial charge in [0.05, 0.1) is 11.1 Å². The highest BCUT2D eigenvalue weighted by Crippen LogP contribution is 2.11. The molecule has 0 fully saturated rings. The maximum atomic E-state index is 12.6. The van der Waals surface area contributed by atoms with E-state index in [-0.39, 0.29) is 16.8 Å². The lowest BCUT2D eigenvalue weighted by Crippen LogP contribution is -2.00. The van der Waals surface area contributed by atoms with Gasteiger partial charge in [-0.2, -0.15) is 0 Å². The van der Waals surface area contributed by atoms with E-state index in [1.54, 1.807) is 12.1 Å². The molecule has 0 aliphatic carbocycles. The molecule has 0 amide bonds. The number of anilines is 2. The number of carbonyl (C=O) groups is 2. The van der Waals surface area contributed by atoms with E-state index in [0.29, 0.717) is 5.69 Å². The van der Waals surface area contributed by atoms with Gasteiger partial charge < -0.3 is 21.7 Å². The molecule has 6 nitrogen and oxygen atoms in total. The normalized spacial score (nSPS) is 9.38. The average Bonchev–Trinajstić information content (AvgIpc) is 2.39. The number of hydrogen-bond acceptors (Lipinski definition) is 4. The zero-order chi connectivity index (χ0) is 16.0. The number of benzene rings is 2. The summed E-state index contributed by atoms with van der Waals surface area (Å²) >= 11 is 0. The van der Waals surface area contributed by atoms with Crippen LogP contribution in [0.4, 0.5) is 15.8 Å². The lowest BCUT2D eigenvalue weighted by Gasteiger charge is -1.96. The second-order valence-electron chi connectivity index (χ2n) is 3.97. The van der Waals surface area contributed by atoms with Gasteiger partial charge in [0.15, 0.2) is 0 Å². The van der Waals surface area contributed by atoms with Gasteiger partial charge in [-0.15, -0.1) is 0 Å². The van der Waals surface area contributed by atoms with Gasteiger partial charge >= 0.3 is 11.9 Å². The van der Waals surface area contributed by atoms with Crippen LogP contribution in [0.15, 0.2) is 42.5 Å². The number of aromatic carboxylic acids is 2. The summed E-state index contributed by atoms with van der Waals surface area (Å²) in [6.45, 7) is 0. The summed E-state index contributed by atoms with van der Waals surface area (Å²) in [5.41, 5.74) is 11.2. The summed E-state index contributed by atoms with van der Waals surface area (Å²) in [4.78, 5) is 20.5. The molecular weight excluding hydrogens is 279 g/mol. The second kappa shape index (κ2) is 6.90. The Kier molecular flexibility index (Phi) is 5.24. The van der Waals surface area contributed by atoms with Gasteiger partial charge in [-0.25, -0.2) is 14.0 Å². The van der Waals surface area contributed by atoms with Gasteiger partial charge in [0.2, 0.25) is 0 Å². The van der Waals surface area contributed by atoms with Crippen LogP contribution >= 0.6 is 0 Å². The largest absolute Gasteiger partial charge is 0.478 e. The smallest absolute Gasteiger partial charge is 0.338 e. The Bertz CT molecular complexity index is 657. The summed E-state index contributed by atoms with van der Waals surface area (Å²) in [5.74, 6) is -3.03. The molecule has 0 bridgehead atoms. The molecule has 0 spiro atoms. The van der Waals surface area contributed by atoms with Gasteiger partial charge in [-0.1, -0.05) is 0 Å². The predicted octanol–water partition coefficient (Wildman–Crippen LogP) is 2.07. The minimum absolute atomic E-state index is 0.215. The minimum Gasteiger partial charge on any atom is -0.478 e. The van der Waals surface area contributed by atoms with Crippen molar-refractivity contribution in [1.82, 2.24) is 0 Å². The predicted molar refractivity (Wildman–Crippen MR) is 75.6 cm³/mol. The summed E-state index contributed by atoms with van der Waals surface area (Å²) in [5, 5.41) is 16.8. The van der Waals surface area contributed by atoms with Crippen molar-refractivity contribution in [1.29, 1.82) is 0 Å². The molecule has 2 aromatic carbocycles. The van der Waals surface area contributed by atoms with Gasteiger partial charge in [0.1, 0.15) is 5.82 Å². The van der Waals surface area contributed by atoms with E-state index in [1.807, 2.05) is 0 Å². The van der Waals surface area contributed by atoms with Gasteiger partial charge in [0, 0.05) is 11.4 Å². The second-order valence-corrected chi connectivity index (χ2v) is 3.97. The number of carboxylic acid groups (broad SMARTS) is 2. The highest BCUT2D eigenvalue weighted by molar-refractivity contribution is 5.88. The van der Waals surface area contributed by atoms with E-state index in [1.165, 1.54) is 18.2 Å². The molecule has 2 aromatic rings. The standard InChI is InChI=1S/C7H6FNO2.C7H7NO2/c8-6-3-4(9)1-2-5(6)7(10)11;8-6-3-1-5(2-4-6)7(9)10/h1-3H,9H2,(H,10,11);1-4H,8H2,(H,9,10). The van der Waals surface area contributed by atoms with Crippen LogP contribution in [-0.4, -0.2) is 22.2 Å². The Hall–Kier alpha value is -3.09. The van der Waals surface area contributed by atoms with Crippen LogP contribution in [0.2, 0.25) is 0 Å². The highest BCUT2D eigenvalue weighted by atomic mass is 19.1. The first kappa shape index (κ1) is 16.0. The van der Waals surface area contributed by atoms with Crippen molar-refractivity contribution in [3.05, 3.63) is 59.4 Å². The van der Waals surface area contributed by atoms with Crippen molar-refractivity contribution in [3.8, 4) is 0 Å². The Morgan fingerprint density at radius 2 is 1.38 bits per heavy atom. The van der Waals surface area contributed by atoms with Gasteiger partial charge in [-0.05, 0) is 42.5 Å². The third-order valence-electron chi connectivity index (χ3n) is 2.38. The van der Waals surface area contributed by atoms with E-state index in [4.69, 9.17) is 21.7 Å². The van der Waals surface area contributed by atoms with Crippen LogP contribution in [-0.2, 0) is 0 Å². The fraction of sp³-hybridized carbons (Fsp3) is 0. The Labute approximate surface area is 119 Å². The van der Waals surface area contributed by atoms with Crippen LogP contribution < -0.4 is 11.5 Å². The molecule has 110 valence electrons. The first-order valence-electron chi connectivity index (χ1n) is 5.68. The summed E-state index contributed by atoms with van der Waals surface area (Å²) in [7, 11) is 0. The van der Waals surface area contributed by atoms with E-state index in [9.17, 15) is 14.0 Å². The zero-order valence-corrected chi connectivity index (χ0v) is 10.8. The molecule has 0 aliphatic rings. The number of nitrogens with two attached hydrogens (primary N) is 2.